The number of hydrogen-bond acceptors (Lipinski definition) is 3. The minimum atomic E-state index is -1.30. The summed E-state index contributed by atoms with van der Waals surface area (Å²) in [6.07, 6.45) is 4.39. The summed E-state index contributed by atoms with van der Waals surface area (Å²) in [6, 6.07) is 0. The molecule has 0 saturated heterocycles. The lowest BCUT2D eigenvalue weighted by molar-refractivity contribution is -0.135. The highest BCUT2D eigenvalue weighted by Gasteiger charge is 2.16. The van der Waals surface area contributed by atoms with Crippen LogP contribution in [0.4, 0.5) is 0 Å². The van der Waals surface area contributed by atoms with Crippen molar-refractivity contribution in [1.29, 1.82) is 0 Å². The lowest BCUT2D eigenvalue weighted by Gasteiger charge is -1.96. The molecule has 5 heteroatoms. The van der Waals surface area contributed by atoms with Crippen molar-refractivity contribution in [1.82, 2.24) is 0 Å². The van der Waals surface area contributed by atoms with Crippen molar-refractivity contribution < 1.29 is 24.5 Å². The summed E-state index contributed by atoms with van der Waals surface area (Å²) in [6.45, 7) is 0. The van der Waals surface area contributed by atoms with Gasteiger partial charge in [0, 0.05) is 0 Å². The molecule has 2 N–H and O–H groups in total. The molecular formula is C8H6O5. The van der Waals surface area contributed by atoms with E-state index in [1.807, 2.05) is 0 Å². The second kappa shape index (κ2) is 3.57. The number of rotatable bonds is 2. The molecule has 0 radical (unpaired) electrons. The third-order valence-corrected chi connectivity index (χ3v) is 1.38. The topological polar surface area (TPSA) is 83.8 Å². The molecule has 68 valence electrons. The van der Waals surface area contributed by atoms with Crippen LogP contribution in [0.2, 0.25) is 0 Å². The van der Waals surface area contributed by atoms with Crippen LogP contribution < -0.4 is 0 Å². The molecule has 1 heterocycles. The maximum atomic E-state index is 10.6. The van der Waals surface area contributed by atoms with Crippen molar-refractivity contribution in [3.05, 3.63) is 35.8 Å². The fraction of sp³-hybridized carbons (Fsp3) is 0. The summed E-state index contributed by atoms with van der Waals surface area (Å²) in [5.41, 5.74) is -0.609. The first-order valence-electron chi connectivity index (χ1n) is 3.32. The van der Waals surface area contributed by atoms with E-state index in [9.17, 15) is 9.59 Å². The van der Waals surface area contributed by atoms with Gasteiger partial charge in [-0.2, -0.15) is 0 Å². The Hall–Kier alpha value is -2.04. The highest BCUT2D eigenvalue weighted by molar-refractivity contribution is 6.02. The zero-order chi connectivity index (χ0) is 9.84. The van der Waals surface area contributed by atoms with Crippen LogP contribution in [0.25, 0.3) is 0 Å². The van der Waals surface area contributed by atoms with Crippen molar-refractivity contribution in [2.75, 3.05) is 0 Å². The molecule has 0 fully saturated rings. The van der Waals surface area contributed by atoms with Crippen LogP contribution >= 0.6 is 0 Å². The Morgan fingerprint density at radius 1 is 1.00 bits per heavy atom. The molecule has 1 aliphatic heterocycles. The highest BCUT2D eigenvalue weighted by Crippen LogP contribution is 2.12. The molecule has 13 heavy (non-hydrogen) atoms. The average Bonchev–Trinajstić information content (AvgIpc) is 2.27. The van der Waals surface area contributed by atoms with Gasteiger partial charge >= 0.3 is 11.9 Å². The van der Waals surface area contributed by atoms with Crippen molar-refractivity contribution >= 4 is 11.9 Å². The third-order valence-electron chi connectivity index (χ3n) is 1.38. The molecule has 5 nitrogen and oxygen atoms in total. The first-order valence-corrected chi connectivity index (χ1v) is 3.32. The summed E-state index contributed by atoms with van der Waals surface area (Å²) in [4.78, 5) is 21.1. The number of carboxylic acids is 2. The van der Waals surface area contributed by atoms with E-state index in [2.05, 4.69) is 4.74 Å². The lowest BCUT2D eigenvalue weighted by Crippen LogP contribution is -2.07. The van der Waals surface area contributed by atoms with E-state index >= 15 is 0 Å². The van der Waals surface area contributed by atoms with Gasteiger partial charge in [-0.25, -0.2) is 9.59 Å². The first kappa shape index (κ1) is 9.05. The number of carboxylic acid groups (broad SMARTS) is 2. The Kier molecular flexibility index (Phi) is 2.49. The van der Waals surface area contributed by atoms with Crippen LogP contribution in [-0.2, 0) is 14.3 Å². The molecule has 0 saturated carbocycles. The zero-order valence-corrected chi connectivity index (χ0v) is 6.43. The van der Waals surface area contributed by atoms with E-state index in [1.165, 1.54) is 0 Å². The molecule has 1 rings (SSSR count). The van der Waals surface area contributed by atoms with E-state index < -0.39 is 11.9 Å². The minimum absolute atomic E-state index is 0.304. The lowest BCUT2D eigenvalue weighted by atomic mass is 10.1. The fourth-order valence-corrected chi connectivity index (χ4v) is 0.813. The number of ether oxygens (including phenoxy) is 1. The van der Waals surface area contributed by atoms with E-state index in [1.54, 1.807) is 0 Å². The van der Waals surface area contributed by atoms with Gasteiger partial charge in [0.1, 0.15) is 0 Å². The van der Waals surface area contributed by atoms with E-state index in [0.29, 0.717) is 0 Å². The van der Waals surface area contributed by atoms with E-state index in [0.717, 1.165) is 24.7 Å². The number of carbonyl (C=O) groups is 2. The van der Waals surface area contributed by atoms with Gasteiger partial charge in [-0.05, 0) is 12.2 Å². The van der Waals surface area contributed by atoms with Crippen LogP contribution in [0, 0.1) is 0 Å². The summed E-state index contributed by atoms with van der Waals surface area (Å²) in [5.74, 6) is -2.60. The normalized spacial score (nSPS) is 15.1. The molecule has 0 aliphatic carbocycles. The molecule has 0 aromatic heterocycles. The second-order valence-corrected chi connectivity index (χ2v) is 2.18. The fourth-order valence-electron chi connectivity index (χ4n) is 0.813. The largest absolute Gasteiger partial charge is 0.478 e. The second-order valence-electron chi connectivity index (χ2n) is 2.18. The van der Waals surface area contributed by atoms with Crippen LogP contribution in [0.5, 0.6) is 0 Å². The predicted octanol–water partition coefficient (Wildman–Crippen LogP) is 0.510. The molecule has 0 amide bonds. The quantitative estimate of drug-likeness (QED) is 0.650. The first-order chi connectivity index (χ1) is 6.13. The maximum Gasteiger partial charge on any atom is 0.336 e. The van der Waals surface area contributed by atoms with Gasteiger partial charge in [-0.1, -0.05) is 0 Å². The maximum absolute atomic E-state index is 10.6. The Balaban J connectivity index is 3.23. The molecule has 0 bridgehead atoms. The van der Waals surface area contributed by atoms with Crippen LogP contribution in [-0.4, -0.2) is 22.2 Å². The van der Waals surface area contributed by atoms with Gasteiger partial charge in [0.15, 0.2) is 0 Å². The molecular weight excluding hydrogens is 176 g/mol. The van der Waals surface area contributed by atoms with Crippen LogP contribution in [0.15, 0.2) is 35.8 Å². The molecule has 0 unspecified atom stereocenters. The minimum Gasteiger partial charge on any atom is -0.478 e. The Morgan fingerprint density at radius 3 is 1.69 bits per heavy atom. The Bertz CT molecular complexity index is 302. The van der Waals surface area contributed by atoms with Gasteiger partial charge < -0.3 is 14.9 Å². The zero-order valence-electron chi connectivity index (χ0n) is 6.43. The molecule has 0 aromatic rings. The highest BCUT2D eigenvalue weighted by atomic mass is 16.5. The van der Waals surface area contributed by atoms with Crippen molar-refractivity contribution in [3.8, 4) is 0 Å². The van der Waals surface area contributed by atoms with Crippen molar-refractivity contribution in [3.63, 3.8) is 0 Å². The van der Waals surface area contributed by atoms with Gasteiger partial charge in [0.05, 0.1) is 23.7 Å². The number of aliphatic carboxylic acids is 2. The van der Waals surface area contributed by atoms with Crippen LogP contribution in [0.1, 0.15) is 0 Å². The van der Waals surface area contributed by atoms with Gasteiger partial charge in [0.25, 0.3) is 0 Å². The van der Waals surface area contributed by atoms with Crippen molar-refractivity contribution in [2.24, 2.45) is 0 Å². The smallest absolute Gasteiger partial charge is 0.336 e. The summed E-state index contributed by atoms with van der Waals surface area (Å²) >= 11 is 0. The van der Waals surface area contributed by atoms with E-state index in [4.69, 9.17) is 10.2 Å². The Morgan fingerprint density at radius 2 is 1.38 bits per heavy atom. The number of hydrogen-bond donors (Lipinski definition) is 2. The average molecular weight is 182 g/mol. The standard InChI is InChI=1S/C8H6O5/c9-7(10)5-1-3-13-4-2-6(5)8(11)12/h1-4H,(H,9,10)(H,11,12). The van der Waals surface area contributed by atoms with Crippen molar-refractivity contribution in [2.45, 2.75) is 0 Å². The predicted molar refractivity (Wildman–Crippen MR) is 41.7 cm³/mol. The summed E-state index contributed by atoms with van der Waals surface area (Å²) in [5, 5.41) is 17.2. The summed E-state index contributed by atoms with van der Waals surface area (Å²) < 4.78 is 4.63. The van der Waals surface area contributed by atoms with Gasteiger partial charge in [-0.3, -0.25) is 0 Å². The molecule has 0 atom stereocenters. The molecule has 1 aliphatic rings. The van der Waals surface area contributed by atoms with E-state index in [-0.39, 0.29) is 11.1 Å². The van der Waals surface area contributed by atoms with Crippen LogP contribution in [0.3, 0.4) is 0 Å². The molecule has 0 spiro atoms. The summed E-state index contributed by atoms with van der Waals surface area (Å²) in [7, 11) is 0. The SMILES string of the molecule is O=C(O)C1=C(C(=O)O)C=COC=C1. The third kappa shape index (κ3) is 1.96. The molecule has 0 aromatic carbocycles. The van der Waals surface area contributed by atoms with Gasteiger partial charge in [0.2, 0.25) is 0 Å². The Labute approximate surface area is 73.2 Å². The van der Waals surface area contributed by atoms with Gasteiger partial charge in [-0.15, -0.1) is 0 Å². The monoisotopic (exact) mass is 182 g/mol.